The predicted molar refractivity (Wildman–Crippen MR) is 117 cm³/mol. The molecule has 0 aliphatic heterocycles. The average Bonchev–Trinajstić information content (AvgIpc) is 3.18. The Morgan fingerprint density at radius 3 is 2.82 bits per heavy atom. The summed E-state index contributed by atoms with van der Waals surface area (Å²) in [7, 11) is 5.59. The molecule has 1 aliphatic carbocycles. The van der Waals surface area contributed by atoms with E-state index in [-0.39, 0.29) is 6.10 Å². The van der Waals surface area contributed by atoms with E-state index >= 15 is 0 Å². The molecule has 1 N–H and O–H groups in total. The fourth-order valence-corrected chi connectivity index (χ4v) is 4.31. The summed E-state index contributed by atoms with van der Waals surface area (Å²) in [6, 6.07) is 0. The van der Waals surface area contributed by atoms with Crippen molar-refractivity contribution in [1.29, 1.82) is 0 Å². The highest BCUT2D eigenvalue weighted by molar-refractivity contribution is 7.09. The smallest absolute Gasteiger partial charge is 0.193 e. The van der Waals surface area contributed by atoms with Crippen molar-refractivity contribution >= 4 is 17.3 Å². The molecule has 0 saturated heterocycles. The molecule has 1 fully saturated rings. The van der Waals surface area contributed by atoms with Gasteiger partial charge in [-0.25, -0.2) is 4.98 Å². The van der Waals surface area contributed by atoms with Crippen molar-refractivity contribution in [2.24, 2.45) is 4.99 Å². The van der Waals surface area contributed by atoms with E-state index in [0.717, 1.165) is 49.2 Å². The van der Waals surface area contributed by atoms with E-state index in [2.05, 4.69) is 25.6 Å². The lowest BCUT2D eigenvalue weighted by Gasteiger charge is -2.22. The van der Waals surface area contributed by atoms with Gasteiger partial charge in [0.1, 0.15) is 11.1 Å². The van der Waals surface area contributed by atoms with E-state index < -0.39 is 0 Å². The van der Waals surface area contributed by atoms with Gasteiger partial charge in [0.25, 0.3) is 0 Å². The van der Waals surface area contributed by atoms with Gasteiger partial charge in [0.05, 0.1) is 18.3 Å². The van der Waals surface area contributed by atoms with Crippen LogP contribution in [0.4, 0.5) is 0 Å². The van der Waals surface area contributed by atoms with Gasteiger partial charge in [0.2, 0.25) is 0 Å². The SMILES string of the molecule is CN=C(NCCCCCOC1CCCCC1)N(C)Cc1csc(C(C)OC)n1. The lowest BCUT2D eigenvalue weighted by atomic mass is 9.98. The molecule has 1 aromatic rings. The summed E-state index contributed by atoms with van der Waals surface area (Å²) in [6.07, 6.45) is 10.6. The second-order valence-corrected chi connectivity index (χ2v) is 8.47. The number of nitrogens with zero attached hydrogens (tertiary/aromatic N) is 3. The molecule has 1 saturated carbocycles. The number of guanidine groups is 1. The summed E-state index contributed by atoms with van der Waals surface area (Å²) in [4.78, 5) is 11.2. The van der Waals surface area contributed by atoms with Crippen LogP contribution in [0.5, 0.6) is 0 Å². The number of unbranched alkanes of at least 4 members (excludes halogenated alkanes) is 2. The van der Waals surface area contributed by atoms with Gasteiger partial charge in [0.15, 0.2) is 5.96 Å². The summed E-state index contributed by atoms with van der Waals surface area (Å²) >= 11 is 1.65. The number of aliphatic imine (C=N–C) groups is 1. The summed E-state index contributed by atoms with van der Waals surface area (Å²) < 4.78 is 11.3. The third-order valence-electron chi connectivity index (χ3n) is 5.25. The zero-order valence-corrected chi connectivity index (χ0v) is 18.9. The van der Waals surface area contributed by atoms with Crippen LogP contribution in [0.2, 0.25) is 0 Å². The van der Waals surface area contributed by atoms with Crippen molar-refractivity contribution in [2.75, 3.05) is 34.4 Å². The molecular weight excluding hydrogens is 372 g/mol. The maximum absolute atomic E-state index is 6.00. The van der Waals surface area contributed by atoms with Crippen molar-refractivity contribution in [3.8, 4) is 0 Å². The van der Waals surface area contributed by atoms with Crippen LogP contribution in [0.25, 0.3) is 0 Å². The summed E-state index contributed by atoms with van der Waals surface area (Å²) in [5.41, 5.74) is 1.05. The van der Waals surface area contributed by atoms with E-state index in [1.165, 1.54) is 38.5 Å². The zero-order chi connectivity index (χ0) is 20.2. The van der Waals surface area contributed by atoms with Crippen molar-refractivity contribution in [2.45, 2.75) is 77.0 Å². The van der Waals surface area contributed by atoms with Gasteiger partial charge in [-0.05, 0) is 39.0 Å². The van der Waals surface area contributed by atoms with Crippen LogP contribution in [-0.2, 0) is 16.0 Å². The summed E-state index contributed by atoms with van der Waals surface area (Å²) in [5, 5.41) is 6.57. The van der Waals surface area contributed by atoms with E-state index in [9.17, 15) is 0 Å². The molecule has 0 bridgehead atoms. The van der Waals surface area contributed by atoms with Crippen molar-refractivity contribution in [3.05, 3.63) is 16.1 Å². The fourth-order valence-electron chi connectivity index (χ4n) is 3.47. The fraction of sp³-hybridized carbons (Fsp3) is 0.810. The highest BCUT2D eigenvalue weighted by Gasteiger charge is 2.14. The minimum atomic E-state index is 0.0450. The molecule has 2 rings (SSSR count). The maximum atomic E-state index is 6.00. The number of thiazole rings is 1. The molecule has 6 nitrogen and oxygen atoms in total. The number of hydrogen-bond donors (Lipinski definition) is 1. The van der Waals surface area contributed by atoms with Gasteiger partial charge in [0, 0.05) is 39.7 Å². The quantitative estimate of drug-likeness (QED) is 0.333. The number of rotatable bonds is 11. The largest absolute Gasteiger partial charge is 0.378 e. The Morgan fingerprint density at radius 2 is 2.11 bits per heavy atom. The second-order valence-electron chi connectivity index (χ2n) is 7.58. The number of methoxy groups -OCH3 is 1. The first-order valence-corrected chi connectivity index (χ1v) is 11.5. The first-order valence-electron chi connectivity index (χ1n) is 10.6. The molecule has 160 valence electrons. The molecule has 1 atom stereocenters. The van der Waals surface area contributed by atoms with Gasteiger partial charge < -0.3 is 19.7 Å². The second kappa shape index (κ2) is 13.1. The monoisotopic (exact) mass is 410 g/mol. The standard InChI is InChI=1S/C21H38N4O2S/c1-17(26-4)20-24-18(16-28-20)15-25(3)21(22-2)23-13-9-6-10-14-27-19-11-7-5-8-12-19/h16-17,19H,5-15H2,1-4H3,(H,22,23). The highest BCUT2D eigenvalue weighted by Crippen LogP contribution is 2.21. The van der Waals surface area contributed by atoms with Gasteiger partial charge in [-0.1, -0.05) is 19.3 Å². The zero-order valence-electron chi connectivity index (χ0n) is 18.1. The predicted octanol–water partition coefficient (Wildman–Crippen LogP) is 4.38. The molecule has 0 aromatic carbocycles. The third kappa shape index (κ3) is 8.05. The summed E-state index contributed by atoms with van der Waals surface area (Å²) in [5.74, 6) is 0.910. The van der Waals surface area contributed by atoms with Gasteiger partial charge in [-0.2, -0.15) is 0 Å². The first-order chi connectivity index (χ1) is 13.6. The van der Waals surface area contributed by atoms with Crippen molar-refractivity contribution < 1.29 is 9.47 Å². The average molecular weight is 411 g/mol. The Bertz CT molecular complexity index is 573. The van der Waals surface area contributed by atoms with E-state index in [1.807, 2.05) is 21.0 Å². The number of ether oxygens (including phenoxy) is 2. The van der Waals surface area contributed by atoms with E-state index in [1.54, 1.807) is 18.4 Å². The molecule has 1 aliphatic rings. The van der Waals surface area contributed by atoms with Crippen LogP contribution in [-0.4, -0.2) is 56.3 Å². The molecule has 0 radical (unpaired) electrons. The molecular formula is C21H38N4O2S. The number of aromatic nitrogens is 1. The summed E-state index contributed by atoms with van der Waals surface area (Å²) in [6.45, 7) is 4.60. The molecule has 1 aromatic heterocycles. The molecule has 0 amide bonds. The van der Waals surface area contributed by atoms with Crippen LogP contribution >= 0.6 is 11.3 Å². The topological polar surface area (TPSA) is 59.0 Å². The molecule has 1 unspecified atom stereocenters. The molecule has 1 heterocycles. The Kier molecular flexibility index (Phi) is 10.8. The van der Waals surface area contributed by atoms with E-state index in [0.29, 0.717) is 6.10 Å². The van der Waals surface area contributed by atoms with Gasteiger partial charge in [-0.15, -0.1) is 11.3 Å². The molecule has 7 heteroatoms. The van der Waals surface area contributed by atoms with Crippen LogP contribution in [0.15, 0.2) is 10.4 Å². The van der Waals surface area contributed by atoms with Crippen LogP contribution in [0.1, 0.15) is 75.1 Å². The maximum Gasteiger partial charge on any atom is 0.193 e. The Labute approximate surface area is 174 Å². The van der Waals surface area contributed by atoms with Crippen LogP contribution in [0, 0.1) is 0 Å². The first kappa shape index (κ1) is 23.1. The van der Waals surface area contributed by atoms with Crippen LogP contribution < -0.4 is 5.32 Å². The minimum Gasteiger partial charge on any atom is -0.378 e. The molecule has 0 spiro atoms. The Balaban J connectivity index is 1.59. The lowest BCUT2D eigenvalue weighted by molar-refractivity contribution is 0.0264. The Morgan fingerprint density at radius 1 is 1.32 bits per heavy atom. The van der Waals surface area contributed by atoms with E-state index in [4.69, 9.17) is 9.47 Å². The number of hydrogen-bond acceptors (Lipinski definition) is 5. The Hall–Kier alpha value is -1.18. The van der Waals surface area contributed by atoms with Gasteiger partial charge in [-0.3, -0.25) is 4.99 Å². The number of nitrogens with one attached hydrogen (secondary N) is 1. The third-order valence-corrected chi connectivity index (χ3v) is 6.31. The van der Waals surface area contributed by atoms with Crippen molar-refractivity contribution in [1.82, 2.24) is 15.2 Å². The minimum absolute atomic E-state index is 0.0450. The van der Waals surface area contributed by atoms with Crippen LogP contribution in [0.3, 0.4) is 0 Å². The highest BCUT2D eigenvalue weighted by atomic mass is 32.1. The molecule has 28 heavy (non-hydrogen) atoms. The van der Waals surface area contributed by atoms with Gasteiger partial charge >= 0.3 is 0 Å². The normalized spacial score (nSPS) is 16.9. The lowest BCUT2D eigenvalue weighted by Crippen LogP contribution is -2.39. The van der Waals surface area contributed by atoms with Crippen molar-refractivity contribution in [3.63, 3.8) is 0 Å².